The maximum Gasteiger partial charge on any atom is 0.166 e. The highest BCUT2D eigenvalue weighted by Gasteiger charge is 2.14. The largest absolute Gasteiger partial charge is 0.504 e. The number of aromatic hydroxyl groups is 2. The first kappa shape index (κ1) is 11.5. The SMILES string of the molecule is CC(C)C(=O)c1cccc2cc(O)c(O)cc12. The van der Waals surface area contributed by atoms with Crippen LogP contribution in [0.2, 0.25) is 0 Å². The fraction of sp³-hybridized carbons (Fsp3) is 0.214. The lowest BCUT2D eigenvalue weighted by Crippen LogP contribution is -2.07. The molecule has 0 amide bonds. The lowest BCUT2D eigenvalue weighted by molar-refractivity contribution is 0.0941. The van der Waals surface area contributed by atoms with Crippen molar-refractivity contribution in [2.75, 3.05) is 0 Å². The van der Waals surface area contributed by atoms with E-state index in [9.17, 15) is 15.0 Å². The molecule has 0 fully saturated rings. The summed E-state index contributed by atoms with van der Waals surface area (Å²) in [6, 6.07) is 8.20. The summed E-state index contributed by atoms with van der Waals surface area (Å²) < 4.78 is 0. The van der Waals surface area contributed by atoms with E-state index in [1.807, 2.05) is 13.8 Å². The van der Waals surface area contributed by atoms with Gasteiger partial charge >= 0.3 is 0 Å². The third kappa shape index (κ3) is 1.96. The van der Waals surface area contributed by atoms with Gasteiger partial charge in [0.05, 0.1) is 0 Å². The summed E-state index contributed by atoms with van der Waals surface area (Å²) in [4.78, 5) is 12.0. The first-order valence-electron chi connectivity index (χ1n) is 5.49. The van der Waals surface area contributed by atoms with Crippen molar-refractivity contribution in [3.63, 3.8) is 0 Å². The molecule has 0 heterocycles. The highest BCUT2D eigenvalue weighted by atomic mass is 16.3. The molecule has 0 aliphatic carbocycles. The van der Waals surface area contributed by atoms with Gasteiger partial charge in [-0.1, -0.05) is 32.0 Å². The Morgan fingerprint density at radius 1 is 1.12 bits per heavy atom. The zero-order valence-electron chi connectivity index (χ0n) is 9.77. The summed E-state index contributed by atoms with van der Waals surface area (Å²) in [7, 11) is 0. The van der Waals surface area contributed by atoms with E-state index in [4.69, 9.17) is 0 Å². The van der Waals surface area contributed by atoms with Crippen LogP contribution in [-0.2, 0) is 0 Å². The second kappa shape index (κ2) is 4.09. The molecule has 0 saturated carbocycles. The second-order valence-corrected chi connectivity index (χ2v) is 4.39. The Morgan fingerprint density at radius 3 is 2.41 bits per heavy atom. The van der Waals surface area contributed by atoms with Crippen molar-refractivity contribution in [1.29, 1.82) is 0 Å². The molecule has 0 radical (unpaired) electrons. The number of benzene rings is 2. The minimum Gasteiger partial charge on any atom is -0.504 e. The van der Waals surface area contributed by atoms with Crippen LogP contribution in [0.3, 0.4) is 0 Å². The van der Waals surface area contributed by atoms with E-state index in [1.54, 1.807) is 18.2 Å². The van der Waals surface area contributed by atoms with Gasteiger partial charge in [-0.05, 0) is 22.9 Å². The zero-order chi connectivity index (χ0) is 12.6. The second-order valence-electron chi connectivity index (χ2n) is 4.39. The van der Waals surface area contributed by atoms with E-state index in [0.717, 1.165) is 5.39 Å². The highest BCUT2D eigenvalue weighted by molar-refractivity contribution is 6.09. The quantitative estimate of drug-likeness (QED) is 0.615. The van der Waals surface area contributed by atoms with Crippen LogP contribution in [0.5, 0.6) is 11.5 Å². The number of fused-ring (bicyclic) bond motifs is 1. The Balaban J connectivity index is 2.73. The first-order valence-corrected chi connectivity index (χ1v) is 5.49. The van der Waals surface area contributed by atoms with E-state index < -0.39 is 0 Å². The summed E-state index contributed by atoms with van der Waals surface area (Å²) in [6.07, 6.45) is 0. The van der Waals surface area contributed by atoms with E-state index >= 15 is 0 Å². The predicted molar refractivity (Wildman–Crippen MR) is 66.4 cm³/mol. The summed E-state index contributed by atoms with van der Waals surface area (Å²) >= 11 is 0. The van der Waals surface area contributed by atoms with Gasteiger partial charge in [0.15, 0.2) is 17.3 Å². The van der Waals surface area contributed by atoms with Crippen molar-refractivity contribution >= 4 is 16.6 Å². The van der Waals surface area contributed by atoms with Crippen LogP contribution in [0.4, 0.5) is 0 Å². The standard InChI is InChI=1S/C14H14O3/c1-8(2)14(17)10-5-3-4-9-6-12(15)13(16)7-11(9)10/h3-8,15-16H,1-2H3. The molecule has 0 saturated heterocycles. The Hall–Kier alpha value is -2.03. The molecule has 0 aliphatic rings. The lowest BCUT2D eigenvalue weighted by atomic mass is 9.95. The Kier molecular flexibility index (Phi) is 2.76. The number of carbonyl (C=O) groups excluding carboxylic acids is 1. The van der Waals surface area contributed by atoms with Crippen LogP contribution in [0, 0.1) is 5.92 Å². The molecule has 3 heteroatoms. The normalized spacial score (nSPS) is 11.0. The molecule has 0 atom stereocenters. The number of hydrogen-bond acceptors (Lipinski definition) is 3. The molecule has 17 heavy (non-hydrogen) atoms. The monoisotopic (exact) mass is 230 g/mol. The van der Waals surface area contributed by atoms with Gasteiger partial charge in [-0.25, -0.2) is 0 Å². The van der Waals surface area contributed by atoms with Gasteiger partial charge in [0.25, 0.3) is 0 Å². The Morgan fingerprint density at radius 2 is 1.76 bits per heavy atom. The van der Waals surface area contributed by atoms with Gasteiger partial charge in [-0.3, -0.25) is 4.79 Å². The first-order chi connectivity index (χ1) is 8.00. The third-order valence-electron chi connectivity index (χ3n) is 2.77. The van der Waals surface area contributed by atoms with Crippen molar-refractivity contribution in [2.45, 2.75) is 13.8 Å². The van der Waals surface area contributed by atoms with Crippen LogP contribution < -0.4 is 0 Å². The molecular weight excluding hydrogens is 216 g/mol. The average Bonchev–Trinajstić information content (AvgIpc) is 2.29. The summed E-state index contributed by atoms with van der Waals surface area (Å²) in [5, 5.41) is 20.3. The molecule has 88 valence electrons. The highest BCUT2D eigenvalue weighted by Crippen LogP contribution is 2.32. The molecule has 2 N–H and O–H groups in total. The number of phenolic OH excluding ortho intramolecular Hbond substituents is 2. The molecule has 3 nitrogen and oxygen atoms in total. The van der Waals surface area contributed by atoms with Gasteiger partial charge in [0.1, 0.15) is 0 Å². The van der Waals surface area contributed by atoms with Crippen LogP contribution in [0.15, 0.2) is 30.3 Å². The van der Waals surface area contributed by atoms with Gasteiger partial charge < -0.3 is 10.2 Å². The average molecular weight is 230 g/mol. The smallest absolute Gasteiger partial charge is 0.166 e. The van der Waals surface area contributed by atoms with E-state index in [0.29, 0.717) is 10.9 Å². The van der Waals surface area contributed by atoms with Crippen LogP contribution >= 0.6 is 0 Å². The lowest BCUT2D eigenvalue weighted by Gasteiger charge is -2.09. The zero-order valence-corrected chi connectivity index (χ0v) is 9.77. The van der Waals surface area contributed by atoms with Crippen molar-refractivity contribution in [3.8, 4) is 11.5 Å². The number of Topliss-reactive ketones (excluding diaryl/α,β-unsaturated/α-hetero) is 1. The third-order valence-corrected chi connectivity index (χ3v) is 2.77. The van der Waals surface area contributed by atoms with Crippen molar-refractivity contribution in [1.82, 2.24) is 0 Å². The predicted octanol–water partition coefficient (Wildman–Crippen LogP) is 3.09. The summed E-state index contributed by atoms with van der Waals surface area (Å²) in [5.41, 5.74) is 0.577. The van der Waals surface area contributed by atoms with Crippen molar-refractivity contribution in [2.24, 2.45) is 5.92 Å². The molecule has 2 aromatic rings. The van der Waals surface area contributed by atoms with Crippen molar-refractivity contribution < 1.29 is 15.0 Å². The van der Waals surface area contributed by atoms with E-state index in [-0.39, 0.29) is 23.2 Å². The van der Waals surface area contributed by atoms with Gasteiger partial charge in [0.2, 0.25) is 0 Å². The summed E-state index contributed by atoms with van der Waals surface area (Å²) in [5.74, 6) is -0.453. The molecule has 2 rings (SSSR count). The number of hydrogen-bond donors (Lipinski definition) is 2. The van der Waals surface area contributed by atoms with Crippen LogP contribution in [-0.4, -0.2) is 16.0 Å². The number of rotatable bonds is 2. The fourth-order valence-electron chi connectivity index (χ4n) is 1.83. The topological polar surface area (TPSA) is 57.5 Å². The van der Waals surface area contributed by atoms with Crippen molar-refractivity contribution in [3.05, 3.63) is 35.9 Å². The fourth-order valence-corrected chi connectivity index (χ4v) is 1.83. The van der Waals surface area contributed by atoms with Crippen LogP contribution in [0.1, 0.15) is 24.2 Å². The van der Waals surface area contributed by atoms with E-state index in [2.05, 4.69) is 0 Å². The molecule has 0 unspecified atom stereocenters. The van der Waals surface area contributed by atoms with Crippen LogP contribution in [0.25, 0.3) is 10.8 Å². The van der Waals surface area contributed by atoms with Gasteiger partial charge in [0, 0.05) is 11.5 Å². The Labute approximate surface area is 99.3 Å². The van der Waals surface area contributed by atoms with Gasteiger partial charge in [-0.15, -0.1) is 0 Å². The molecule has 2 aromatic carbocycles. The molecule has 0 bridgehead atoms. The minimum atomic E-state index is -0.207. The molecular formula is C14H14O3. The molecule has 0 aromatic heterocycles. The number of phenols is 2. The summed E-state index contributed by atoms with van der Waals surface area (Å²) in [6.45, 7) is 3.67. The van der Waals surface area contributed by atoms with E-state index in [1.165, 1.54) is 12.1 Å². The molecule has 0 spiro atoms. The molecule has 0 aliphatic heterocycles. The maximum absolute atomic E-state index is 12.0. The number of ketones is 1. The number of carbonyl (C=O) groups is 1. The minimum absolute atomic E-state index is 0.0284. The van der Waals surface area contributed by atoms with Gasteiger partial charge in [-0.2, -0.15) is 0 Å². The Bertz CT molecular complexity index is 585. The maximum atomic E-state index is 12.0.